The molecule has 108 valence electrons. The van der Waals surface area contributed by atoms with Gasteiger partial charge in [0.25, 0.3) is 0 Å². The maximum Gasteiger partial charge on any atom is 0.241 e. The number of carbonyl (C=O) groups excluding carboxylic acids is 1. The summed E-state index contributed by atoms with van der Waals surface area (Å²) in [4.78, 5) is 12.4. The normalized spacial score (nSPS) is 28.8. The minimum absolute atomic E-state index is 0.0592. The van der Waals surface area contributed by atoms with Crippen molar-refractivity contribution in [2.45, 2.75) is 44.2 Å². The smallest absolute Gasteiger partial charge is 0.241 e. The maximum atomic E-state index is 12.4. The maximum absolute atomic E-state index is 12.4. The van der Waals surface area contributed by atoms with Crippen LogP contribution in [-0.2, 0) is 4.79 Å². The summed E-state index contributed by atoms with van der Waals surface area (Å²) in [6.45, 7) is 0. The van der Waals surface area contributed by atoms with Crippen molar-refractivity contribution < 1.29 is 9.53 Å². The number of fused-ring (bicyclic) bond motifs is 1. The summed E-state index contributed by atoms with van der Waals surface area (Å²) in [6, 6.07) is 8.01. The van der Waals surface area contributed by atoms with E-state index in [1.54, 1.807) is 7.11 Å². The lowest BCUT2D eigenvalue weighted by atomic mass is 9.85. The summed E-state index contributed by atoms with van der Waals surface area (Å²) < 4.78 is 5.27. The van der Waals surface area contributed by atoms with E-state index in [4.69, 9.17) is 4.74 Å². The van der Waals surface area contributed by atoms with Crippen LogP contribution in [-0.4, -0.2) is 25.1 Å². The van der Waals surface area contributed by atoms with Gasteiger partial charge in [0, 0.05) is 6.04 Å². The molecule has 1 saturated heterocycles. The van der Waals surface area contributed by atoms with Gasteiger partial charge in [-0.3, -0.25) is 4.79 Å². The van der Waals surface area contributed by atoms with Crippen LogP contribution in [0, 0.1) is 5.92 Å². The lowest BCUT2D eigenvalue weighted by molar-refractivity contribution is -0.117. The summed E-state index contributed by atoms with van der Waals surface area (Å²) >= 11 is 0. The number of ether oxygens (including phenoxy) is 1. The van der Waals surface area contributed by atoms with Gasteiger partial charge in [-0.1, -0.05) is 25.0 Å². The van der Waals surface area contributed by atoms with E-state index < -0.39 is 0 Å². The molecule has 3 unspecified atom stereocenters. The fourth-order valence-electron chi connectivity index (χ4n) is 3.49. The van der Waals surface area contributed by atoms with Crippen molar-refractivity contribution in [2.75, 3.05) is 12.4 Å². The minimum atomic E-state index is -0.0620. The third kappa shape index (κ3) is 2.66. The predicted molar refractivity (Wildman–Crippen MR) is 78.9 cm³/mol. The van der Waals surface area contributed by atoms with Crippen LogP contribution in [0.4, 0.5) is 5.69 Å². The summed E-state index contributed by atoms with van der Waals surface area (Å²) in [7, 11) is 1.62. The number of carbonyl (C=O) groups is 1. The molecule has 2 fully saturated rings. The van der Waals surface area contributed by atoms with E-state index in [1.807, 2.05) is 24.3 Å². The number of nitrogens with one attached hydrogen (secondary N) is 2. The zero-order valence-electron chi connectivity index (χ0n) is 11.9. The Morgan fingerprint density at radius 1 is 1.30 bits per heavy atom. The van der Waals surface area contributed by atoms with Crippen LogP contribution in [0.3, 0.4) is 0 Å². The molecule has 0 spiro atoms. The molecule has 0 bridgehead atoms. The highest BCUT2D eigenvalue weighted by Gasteiger charge is 2.38. The van der Waals surface area contributed by atoms with E-state index in [-0.39, 0.29) is 11.9 Å². The number of para-hydroxylation sites is 2. The van der Waals surface area contributed by atoms with E-state index >= 15 is 0 Å². The van der Waals surface area contributed by atoms with Gasteiger partial charge in [-0.25, -0.2) is 0 Å². The van der Waals surface area contributed by atoms with Gasteiger partial charge in [-0.05, 0) is 37.3 Å². The fourth-order valence-corrected chi connectivity index (χ4v) is 3.49. The monoisotopic (exact) mass is 274 g/mol. The molecule has 1 aliphatic carbocycles. The Morgan fingerprint density at radius 2 is 2.10 bits per heavy atom. The van der Waals surface area contributed by atoms with E-state index in [0.29, 0.717) is 17.7 Å². The molecule has 1 aliphatic heterocycles. The fraction of sp³-hybridized carbons (Fsp3) is 0.562. The SMILES string of the molecule is COc1ccccc1NC(=O)C1CC2CCCCC2N1. The average molecular weight is 274 g/mol. The molecular formula is C16H22N2O2. The Balaban J connectivity index is 1.65. The van der Waals surface area contributed by atoms with Crippen molar-refractivity contribution in [3.8, 4) is 5.75 Å². The number of hydrogen-bond acceptors (Lipinski definition) is 3. The molecule has 0 aromatic heterocycles. The second-order valence-corrected chi connectivity index (χ2v) is 5.80. The quantitative estimate of drug-likeness (QED) is 0.890. The Bertz CT molecular complexity index is 475. The summed E-state index contributed by atoms with van der Waals surface area (Å²) in [5, 5.41) is 6.48. The molecule has 20 heavy (non-hydrogen) atoms. The molecule has 1 saturated carbocycles. The summed E-state index contributed by atoms with van der Waals surface area (Å²) in [5.41, 5.74) is 0.747. The van der Waals surface area contributed by atoms with Crippen LogP contribution in [0.15, 0.2) is 24.3 Å². The second-order valence-electron chi connectivity index (χ2n) is 5.80. The number of amides is 1. The van der Waals surface area contributed by atoms with Crippen LogP contribution >= 0.6 is 0 Å². The van der Waals surface area contributed by atoms with Gasteiger partial charge in [-0.2, -0.15) is 0 Å². The van der Waals surface area contributed by atoms with Gasteiger partial charge in [0.2, 0.25) is 5.91 Å². The third-order valence-electron chi connectivity index (χ3n) is 4.54. The highest BCUT2D eigenvalue weighted by atomic mass is 16.5. The number of anilines is 1. The van der Waals surface area contributed by atoms with Crippen molar-refractivity contribution in [2.24, 2.45) is 5.92 Å². The molecular weight excluding hydrogens is 252 g/mol. The Kier molecular flexibility index (Phi) is 3.92. The van der Waals surface area contributed by atoms with Gasteiger partial charge in [0.1, 0.15) is 5.75 Å². The molecule has 4 heteroatoms. The van der Waals surface area contributed by atoms with Gasteiger partial charge >= 0.3 is 0 Å². The zero-order valence-corrected chi connectivity index (χ0v) is 11.9. The van der Waals surface area contributed by atoms with Gasteiger partial charge in [0.15, 0.2) is 0 Å². The van der Waals surface area contributed by atoms with E-state index in [9.17, 15) is 4.79 Å². The number of rotatable bonds is 3. The molecule has 2 N–H and O–H groups in total. The largest absolute Gasteiger partial charge is 0.495 e. The van der Waals surface area contributed by atoms with Crippen molar-refractivity contribution in [1.82, 2.24) is 5.32 Å². The first kappa shape index (κ1) is 13.4. The first-order valence-electron chi connectivity index (χ1n) is 7.48. The lowest BCUT2D eigenvalue weighted by Crippen LogP contribution is -2.39. The lowest BCUT2D eigenvalue weighted by Gasteiger charge is -2.24. The summed E-state index contributed by atoms with van der Waals surface area (Å²) in [5.74, 6) is 1.44. The summed E-state index contributed by atoms with van der Waals surface area (Å²) in [6.07, 6.45) is 6.03. The number of benzene rings is 1. The number of hydrogen-bond donors (Lipinski definition) is 2. The van der Waals surface area contributed by atoms with Crippen LogP contribution < -0.4 is 15.4 Å². The van der Waals surface area contributed by atoms with Crippen molar-refractivity contribution in [3.63, 3.8) is 0 Å². The Morgan fingerprint density at radius 3 is 2.90 bits per heavy atom. The van der Waals surface area contributed by atoms with Crippen LogP contribution in [0.2, 0.25) is 0 Å². The highest BCUT2D eigenvalue weighted by molar-refractivity contribution is 5.96. The zero-order chi connectivity index (χ0) is 13.9. The van der Waals surface area contributed by atoms with Gasteiger partial charge < -0.3 is 15.4 Å². The van der Waals surface area contributed by atoms with E-state index in [0.717, 1.165) is 12.1 Å². The average Bonchev–Trinajstić information content (AvgIpc) is 2.92. The first-order chi connectivity index (χ1) is 9.78. The highest BCUT2D eigenvalue weighted by Crippen LogP contribution is 2.33. The molecule has 3 rings (SSSR count). The van der Waals surface area contributed by atoms with Crippen LogP contribution in [0.25, 0.3) is 0 Å². The molecule has 1 aromatic carbocycles. The van der Waals surface area contributed by atoms with Gasteiger partial charge in [0.05, 0.1) is 18.8 Å². The number of methoxy groups -OCH3 is 1. The molecule has 3 atom stereocenters. The third-order valence-corrected chi connectivity index (χ3v) is 4.54. The molecule has 1 amide bonds. The topological polar surface area (TPSA) is 50.4 Å². The minimum Gasteiger partial charge on any atom is -0.495 e. The van der Waals surface area contributed by atoms with E-state index in [1.165, 1.54) is 25.7 Å². The van der Waals surface area contributed by atoms with Crippen LogP contribution in [0.5, 0.6) is 5.75 Å². The molecule has 2 aliphatic rings. The molecule has 1 aromatic rings. The van der Waals surface area contributed by atoms with E-state index in [2.05, 4.69) is 10.6 Å². The van der Waals surface area contributed by atoms with Crippen molar-refractivity contribution in [3.05, 3.63) is 24.3 Å². The van der Waals surface area contributed by atoms with Gasteiger partial charge in [-0.15, -0.1) is 0 Å². The molecule has 4 nitrogen and oxygen atoms in total. The molecule has 1 heterocycles. The van der Waals surface area contributed by atoms with Crippen LogP contribution in [0.1, 0.15) is 32.1 Å². The van der Waals surface area contributed by atoms with Crippen molar-refractivity contribution >= 4 is 11.6 Å². The predicted octanol–water partition coefficient (Wildman–Crippen LogP) is 2.55. The second kappa shape index (κ2) is 5.83. The standard InChI is InChI=1S/C16H22N2O2/c1-20-15-9-5-4-8-13(15)18-16(19)14-10-11-6-2-3-7-12(11)17-14/h4-5,8-9,11-12,14,17H,2-3,6-7,10H2,1H3,(H,18,19). The molecule has 0 radical (unpaired) electrons. The first-order valence-corrected chi connectivity index (χ1v) is 7.48. The Labute approximate surface area is 119 Å². The van der Waals surface area contributed by atoms with Crippen molar-refractivity contribution in [1.29, 1.82) is 0 Å². The Hall–Kier alpha value is -1.55.